The summed E-state index contributed by atoms with van der Waals surface area (Å²) in [6, 6.07) is 14.0. The number of carbonyl (C=O) groups is 1. The fourth-order valence-corrected chi connectivity index (χ4v) is 3.77. The molecule has 0 saturated heterocycles. The molecule has 0 aliphatic rings. The largest absolute Gasteiger partial charge is 0.338 e. The molecule has 6 nitrogen and oxygen atoms in total. The minimum atomic E-state index is 0.0673. The van der Waals surface area contributed by atoms with Crippen molar-refractivity contribution in [1.82, 2.24) is 24.6 Å². The molecule has 2 aromatic heterocycles. The molecule has 0 unspecified atom stereocenters. The predicted octanol–water partition coefficient (Wildman–Crippen LogP) is 3.91. The Kier molecular flexibility index (Phi) is 7.19. The van der Waals surface area contributed by atoms with Gasteiger partial charge in [0.15, 0.2) is 11.0 Å². The Balaban J connectivity index is 1.83. The first kappa shape index (κ1) is 20.8. The molecule has 29 heavy (non-hydrogen) atoms. The van der Waals surface area contributed by atoms with Crippen molar-refractivity contribution in [2.24, 2.45) is 0 Å². The van der Waals surface area contributed by atoms with Crippen LogP contribution >= 0.6 is 11.8 Å². The third-order valence-electron chi connectivity index (χ3n) is 4.34. The first-order valence-corrected chi connectivity index (χ1v) is 10.5. The summed E-state index contributed by atoms with van der Waals surface area (Å²) in [5.41, 5.74) is 3.01. The molecule has 0 saturated carbocycles. The Morgan fingerprint density at radius 2 is 1.97 bits per heavy atom. The van der Waals surface area contributed by atoms with Crippen molar-refractivity contribution in [3.05, 3.63) is 72.6 Å². The van der Waals surface area contributed by atoms with Crippen LogP contribution in [0.1, 0.15) is 19.4 Å². The lowest BCUT2D eigenvalue weighted by atomic mass is 10.2. The number of likely N-dealkylation sites (N-methyl/N-ethyl adjacent to an activating group) is 1. The van der Waals surface area contributed by atoms with Crippen molar-refractivity contribution in [3.63, 3.8) is 0 Å². The van der Waals surface area contributed by atoms with Crippen molar-refractivity contribution >= 4 is 17.7 Å². The maximum absolute atomic E-state index is 12.6. The monoisotopic (exact) mass is 407 g/mol. The van der Waals surface area contributed by atoms with Crippen LogP contribution in [0.5, 0.6) is 0 Å². The summed E-state index contributed by atoms with van der Waals surface area (Å²) in [6.07, 6.45) is 3.51. The van der Waals surface area contributed by atoms with Crippen LogP contribution in [0.2, 0.25) is 0 Å². The third kappa shape index (κ3) is 5.54. The molecular formula is C22H25N5OS. The number of pyridine rings is 1. The van der Waals surface area contributed by atoms with Crippen LogP contribution in [-0.4, -0.2) is 49.4 Å². The van der Waals surface area contributed by atoms with Gasteiger partial charge >= 0.3 is 0 Å². The first-order valence-electron chi connectivity index (χ1n) is 9.51. The van der Waals surface area contributed by atoms with Gasteiger partial charge < -0.3 is 4.90 Å². The summed E-state index contributed by atoms with van der Waals surface area (Å²) >= 11 is 1.41. The first-order chi connectivity index (χ1) is 14.1. The van der Waals surface area contributed by atoms with E-state index in [-0.39, 0.29) is 5.91 Å². The lowest BCUT2D eigenvalue weighted by molar-refractivity contribution is -0.127. The zero-order valence-corrected chi connectivity index (χ0v) is 17.6. The lowest BCUT2D eigenvalue weighted by Crippen LogP contribution is -2.33. The Morgan fingerprint density at radius 3 is 2.62 bits per heavy atom. The second-order valence-electron chi connectivity index (χ2n) is 6.77. The number of carbonyl (C=O) groups excluding carboxylic acids is 1. The number of thioether (sulfide) groups is 1. The maximum Gasteiger partial charge on any atom is 0.233 e. The van der Waals surface area contributed by atoms with Crippen molar-refractivity contribution in [3.8, 4) is 11.4 Å². The van der Waals surface area contributed by atoms with Crippen LogP contribution in [0.4, 0.5) is 0 Å². The van der Waals surface area contributed by atoms with E-state index in [0.717, 1.165) is 22.5 Å². The fourth-order valence-electron chi connectivity index (χ4n) is 2.93. The summed E-state index contributed by atoms with van der Waals surface area (Å²) in [5.74, 6) is 1.12. The highest BCUT2D eigenvalue weighted by molar-refractivity contribution is 7.99. The van der Waals surface area contributed by atoms with Gasteiger partial charge in [0.2, 0.25) is 5.91 Å². The minimum absolute atomic E-state index is 0.0673. The number of hydrogen-bond acceptors (Lipinski definition) is 5. The molecule has 0 N–H and O–H groups in total. The number of benzene rings is 1. The van der Waals surface area contributed by atoms with Gasteiger partial charge in [0.05, 0.1) is 12.3 Å². The van der Waals surface area contributed by atoms with Gasteiger partial charge in [-0.1, -0.05) is 54.2 Å². The number of aromatic nitrogens is 4. The van der Waals surface area contributed by atoms with E-state index in [2.05, 4.69) is 33.9 Å². The molecule has 1 amide bonds. The Labute approximate surface area is 175 Å². The van der Waals surface area contributed by atoms with Gasteiger partial charge in [-0.25, -0.2) is 0 Å². The van der Waals surface area contributed by atoms with Gasteiger partial charge in [-0.2, -0.15) is 0 Å². The van der Waals surface area contributed by atoms with Crippen molar-refractivity contribution in [1.29, 1.82) is 0 Å². The number of hydrogen-bond donors (Lipinski definition) is 0. The topological polar surface area (TPSA) is 63.9 Å². The highest BCUT2D eigenvalue weighted by Gasteiger charge is 2.18. The quantitative estimate of drug-likeness (QED) is 0.398. The Hall–Kier alpha value is -2.93. The molecule has 3 rings (SSSR count). The van der Waals surface area contributed by atoms with Crippen molar-refractivity contribution in [2.75, 3.05) is 18.8 Å². The molecule has 1 aromatic carbocycles. The average molecular weight is 408 g/mol. The Bertz CT molecular complexity index is 956. The van der Waals surface area contributed by atoms with E-state index in [1.165, 1.54) is 11.8 Å². The van der Waals surface area contributed by atoms with E-state index in [4.69, 9.17) is 0 Å². The molecule has 0 aliphatic heterocycles. The molecule has 0 radical (unpaired) electrons. The molecule has 7 heteroatoms. The Morgan fingerprint density at radius 1 is 1.17 bits per heavy atom. The van der Waals surface area contributed by atoms with Crippen molar-refractivity contribution < 1.29 is 4.79 Å². The molecule has 0 bridgehead atoms. The summed E-state index contributed by atoms with van der Waals surface area (Å²) in [7, 11) is 0. The number of rotatable bonds is 9. The second kappa shape index (κ2) is 10.0. The van der Waals surface area contributed by atoms with Gasteiger partial charge in [-0.3, -0.25) is 14.3 Å². The summed E-state index contributed by atoms with van der Waals surface area (Å²) in [4.78, 5) is 18.6. The normalized spacial score (nSPS) is 10.7. The van der Waals surface area contributed by atoms with Gasteiger partial charge in [0.25, 0.3) is 0 Å². The van der Waals surface area contributed by atoms with E-state index in [9.17, 15) is 4.79 Å². The predicted molar refractivity (Wildman–Crippen MR) is 117 cm³/mol. The second-order valence-corrected chi connectivity index (χ2v) is 7.72. The highest BCUT2D eigenvalue weighted by atomic mass is 32.2. The highest BCUT2D eigenvalue weighted by Crippen LogP contribution is 2.25. The van der Waals surface area contributed by atoms with Crippen molar-refractivity contribution in [2.45, 2.75) is 25.5 Å². The van der Waals surface area contributed by atoms with Gasteiger partial charge in [-0.05, 0) is 31.5 Å². The zero-order chi connectivity index (χ0) is 20.6. The molecule has 0 atom stereocenters. The average Bonchev–Trinajstić information content (AvgIpc) is 3.14. The van der Waals surface area contributed by atoms with Crippen LogP contribution in [-0.2, 0) is 11.3 Å². The summed E-state index contributed by atoms with van der Waals surface area (Å²) < 4.78 is 2.04. The minimum Gasteiger partial charge on any atom is -0.338 e. The van der Waals surface area contributed by atoms with Crippen LogP contribution < -0.4 is 0 Å². The molecule has 3 aromatic rings. The van der Waals surface area contributed by atoms with Crippen LogP contribution in [0.3, 0.4) is 0 Å². The fraction of sp³-hybridized carbons (Fsp3) is 0.273. The summed E-state index contributed by atoms with van der Waals surface area (Å²) in [5, 5.41) is 9.47. The lowest BCUT2D eigenvalue weighted by Gasteiger charge is -2.20. The zero-order valence-electron chi connectivity index (χ0n) is 16.8. The number of amides is 1. The van der Waals surface area contributed by atoms with Crippen LogP contribution in [0.25, 0.3) is 11.4 Å². The molecular weight excluding hydrogens is 382 g/mol. The number of nitrogens with zero attached hydrogens (tertiary/aromatic N) is 5. The molecule has 150 valence electrons. The van der Waals surface area contributed by atoms with Crippen LogP contribution in [0, 0.1) is 0 Å². The van der Waals surface area contributed by atoms with E-state index >= 15 is 0 Å². The third-order valence-corrected chi connectivity index (χ3v) is 5.29. The van der Waals surface area contributed by atoms with Gasteiger partial charge in [0.1, 0.15) is 0 Å². The SMILES string of the molecule is C=C(C)CN(CC)C(=O)CSc1nnc(-c2cccnc2)n1Cc1ccccc1. The molecule has 0 fully saturated rings. The van der Waals surface area contributed by atoms with Crippen LogP contribution in [0.15, 0.2) is 72.2 Å². The molecule has 0 spiro atoms. The maximum atomic E-state index is 12.6. The van der Waals surface area contributed by atoms with E-state index in [1.807, 2.05) is 48.7 Å². The van der Waals surface area contributed by atoms with E-state index < -0.39 is 0 Å². The smallest absolute Gasteiger partial charge is 0.233 e. The molecule has 0 aliphatic carbocycles. The van der Waals surface area contributed by atoms with Gasteiger partial charge in [0, 0.05) is 31.0 Å². The van der Waals surface area contributed by atoms with E-state index in [1.54, 1.807) is 17.3 Å². The standard InChI is InChI=1S/C22H25N5OS/c1-4-26(14-17(2)3)20(28)16-29-22-25-24-21(19-11-8-12-23-13-19)27(22)15-18-9-6-5-7-10-18/h5-13H,2,4,14-16H2,1,3H3. The van der Waals surface area contributed by atoms with E-state index in [0.29, 0.717) is 30.5 Å². The molecule has 2 heterocycles. The summed E-state index contributed by atoms with van der Waals surface area (Å²) in [6.45, 7) is 9.67. The van der Waals surface area contributed by atoms with Gasteiger partial charge in [-0.15, -0.1) is 10.2 Å².